The van der Waals surface area contributed by atoms with E-state index in [1.807, 2.05) is 0 Å². The lowest BCUT2D eigenvalue weighted by Crippen LogP contribution is -2.46. The maximum atomic E-state index is 11.7. The van der Waals surface area contributed by atoms with Crippen molar-refractivity contribution < 1.29 is 9.90 Å². The van der Waals surface area contributed by atoms with Crippen LogP contribution in [0.1, 0.15) is 40.6 Å². The zero-order valence-corrected chi connectivity index (χ0v) is 13.6. The third-order valence-electron chi connectivity index (χ3n) is 4.12. The maximum absolute atomic E-state index is 11.7. The van der Waals surface area contributed by atoms with E-state index in [1.165, 1.54) is 15.3 Å². The molecular formula is C16H19NO2S2. The summed E-state index contributed by atoms with van der Waals surface area (Å²) < 4.78 is 0. The zero-order valence-electron chi connectivity index (χ0n) is 12.0. The third-order valence-corrected chi connectivity index (χ3v) is 6.12. The number of carbonyl (C=O) groups is 1. The fraction of sp³-hybridized carbons (Fsp3) is 0.438. The molecule has 1 saturated heterocycles. The maximum Gasteiger partial charge on any atom is 0.320 e. The number of rotatable bonds is 4. The summed E-state index contributed by atoms with van der Waals surface area (Å²) in [6.07, 6.45) is 2.84. The molecule has 1 N–H and O–H groups in total. The van der Waals surface area contributed by atoms with Crippen LogP contribution in [0.25, 0.3) is 0 Å². The number of thiophene rings is 2. The van der Waals surface area contributed by atoms with E-state index in [0.717, 1.165) is 25.8 Å². The molecule has 3 nitrogen and oxygen atoms in total. The molecule has 1 fully saturated rings. The quantitative estimate of drug-likeness (QED) is 0.920. The molecule has 112 valence electrons. The standard InChI is InChI=1S/C16H19NO2S2/c1-11-7-10-21-15(11)14(13-6-4-9-20-13)17-8-3-2-5-12(17)16(18)19/h4,6-7,9-10,12,14H,2-3,5,8H2,1H3,(H,18,19). The molecule has 2 aromatic rings. The summed E-state index contributed by atoms with van der Waals surface area (Å²) in [5, 5.41) is 13.8. The predicted molar refractivity (Wildman–Crippen MR) is 87.2 cm³/mol. The van der Waals surface area contributed by atoms with E-state index in [4.69, 9.17) is 0 Å². The van der Waals surface area contributed by atoms with Crippen LogP contribution in [0.4, 0.5) is 0 Å². The van der Waals surface area contributed by atoms with Gasteiger partial charge in [-0.15, -0.1) is 22.7 Å². The lowest BCUT2D eigenvalue weighted by Gasteiger charge is -2.38. The highest BCUT2D eigenvalue weighted by atomic mass is 32.1. The minimum Gasteiger partial charge on any atom is -0.480 e. The summed E-state index contributed by atoms with van der Waals surface area (Å²) in [6, 6.07) is 6.02. The smallest absolute Gasteiger partial charge is 0.320 e. The molecule has 3 rings (SSSR count). The molecule has 21 heavy (non-hydrogen) atoms. The van der Waals surface area contributed by atoms with Crippen molar-refractivity contribution in [2.75, 3.05) is 6.54 Å². The van der Waals surface area contributed by atoms with Crippen molar-refractivity contribution in [2.24, 2.45) is 0 Å². The predicted octanol–water partition coefficient (Wildman–Crippen LogP) is 4.15. The summed E-state index contributed by atoms with van der Waals surface area (Å²) in [4.78, 5) is 16.4. The molecule has 0 saturated carbocycles. The lowest BCUT2D eigenvalue weighted by atomic mass is 9.97. The fourth-order valence-corrected chi connectivity index (χ4v) is 5.07. The Morgan fingerprint density at radius 2 is 2.19 bits per heavy atom. The van der Waals surface area contributed by atoms with E-state index in [-0.39, 0.29) is 12.1 Å². The van der Waals surface area contributed by atoms with Gasteiger partial charge in [0.2, 0.25) is 0 Å². The lowest BCUT2D eigenvalue weighted by molar-refractivity contribution is -0.145. The zero-order chi connectivity index (χ0) is 14.8. The van der Waals surface area contributed by atoms with Gasteiger partial charge in [0.25, 0.3) is 0 Å². The Morgan fingerprint density at radius 3 is 2.81 bits per heavy atom. The van der Waals surface area contributed by atoms with Crippen LogP contribution in [0.3, 0.4) is 0 Å². The molecule has 2 aromatic heterocycles. The van der Waals surface area contributed by atoms with Crippen LogP contribution < -0.4 is 0 Å². The normalized spacial score (nSPS) is 21.3. The number of carboxylic acids is 1. The molecule has 1 aliphatic rings. The second-order valence-electron chi connectivity index (χ2n) is 5.47. The Labute approximate surface area is 132 Å². The van der Waals surface area contributed by atoms with E-state index in [2.05, 4.69) is 40.8 Å². The summed E-state index contributed by atoms with van der Waals surface area (Å²) >= 11 is 3.45. The minimum absolute atomic E-state index is 0.0893. The topological polar surface area (TPSA) is 40.5 Å². The molecule has 2 unspecified atom stereocenters. The molecule has 1 aliphatic heterocycles. The number of hydrogen-bond acceptors (Lipinski definition) is 4. The van der Waals surface area contributed by atoms with Crippen molar-refractivity contribution in [1.82, 2.24) is 4.90 Å². The number of piperidine rings is 1. The number of carboxylic acid groups (broad SMARTS) is 1. The van der Waals surface area contributed by atoms with Gasteiger partial charge in [0.15, 0.2) is 0 Å². The first-order valence-electron chi connectivity index (χ1n) is 7.24. The van der Waals surface area contributed by atoms with Crippen molar-refractivity contribution in [3.05, 3.63) is 44.3 Å². The highest BCUT2D eigenvalue weighted by Gasteiger charge is 2.36. The van der Waals surface area contributed by atoms with E-state index in [9.17, 15) is 9.90 Å². The van der Waals surface area contributed by atoms with Crippen LogP contribution in [0.5, 0.6) is 0 Å². The second-order valence-corrected chi connectivity index (χ2v) is 7.40. The van der Waals surface area contributed by atoms with E-state index in [1.54, 1.807) is 22.7 Å². The Bertz CT molecular complexity index is 606. The number of likely N-dealkylation sites (tertiary alicyclic amines) is 1. The highest BCUT2D eigenvalue weighted by Crippen LogP contribution is 2.39. The van der Waals surface area contributed by atoms with Crippen LogP contribution in [0.15, 0.2) is 29.0 Å². The Kier molecular flexibility index (Phi) is 4.42. The minimum atomic E-state index is -0.689. The van der Waals surface area contributed by atoms with Gasteiger partial charge >= 0.3 is 5.97 Å². The van der Waals surface area contributed by atoms with Gasteiger partial charge in [-0.05, 0) is 54.8 Å². The first-order chi connectivity index (χ1) is 10.2. The molecule has 5 heteroatoms. The molecule has 0 bridgehead atoms. The van der Waals surface area contributed by atoms with Gasteiger partial charge in [-0.25, -0.2) is 0 Å². The van der Waals surface area contributed by atoms with Crippen LogP contribution in [-0.4, -0.2) is 28.6 Å². The molecule has 0 aromatic carbocycles. The average molecular weight is 321 g/mol. The molecule has 0 amide bonds. The van der Waals surface area contributed by atoms with Crippen molar-refractivity contribution in [3.8, 4) is 0 Å². The van der Waals surface area contributed by atoms with E-state index >= 15 is 0 Å². The van der Waals surface area contributed by atoms with Gasteiger partial charge in [-0.2, -0.15) is 0 Å². The summed E-state index contributed by atoms with van der Waals surface area (Å²) in [5.41, 5.74) is 1.26. The number of nitrogens with zero attached hydrogens (tertiary/aromatic N) is 1. The van der Waals surface area contributed by atoms with Crippen molar-refractivity contribution in [2.45, 2.75) is 38.3 Å². The first-order valence-corrected chi connectivity index (χ1v) is 9.00. The first kappa shape index (κ1) is 14.8. The van der Waals surface area contributed by atoms with E-state index < -0.39 is 5.97 Å². The SMILES string of the molecule is Cc1ccsc1C(c1cccs1)N1CCCCC1C(=O)O. The van der Waals surface area contributed by atoms with Crippen LogP contribution >= 0.6 is 22.7 Å². The fourth-order valence-electron chi connectivity index (χ4n) is 3.08. The Hall–Kier alpha value is -1.17. The monoisotopic (exact) mass is 321 g/mol. The summed E-state index contributed by atoms with van der Waals surface area (Å²) in [6.45, 7) is 2.98. The number of hydrogen-bond donors (Lipinski definition) is 1. The second kappa shape index (κ2) is 6.30. The Balaban J connectivity index is 2.02. The molecule has 0 aliphatic carbocycles. The van der Waals surface area contributed by atoms with Crippen molar-refractivity contribution >= 4 is 28.6 Å². The van der Waals surface area contributed by atoms with Crippen molar-refractivity contribution in [1.29, 1.82) is 0 Å². The van der Waals surface area contributed by atoms with Crippen LogP contribution in [0, 0.1) is 6.92 Å². The van der Waals surface area contributed by atoms with E-state index in [0.29, 0.717) is 0 Å². The largest absolute Gasteiger partial charge is 0.480 e. The Morgan fingerprint density at radius 1 is 1.33 bits per heavy atom. The summed E-state index contributed by atoms with van der Waals surface area (Å²) in [7, 11) is 0. The third kappa shape index (κ3) is 2.91. The molecule has 3 heterocycles. The van der Waals surface area contributed by atoms with Gasteiger partial charge < -0.3 is 5.11 Å². The molecule has 0 radical (unpaired) electrons. The van der Waals surface area contributed by atoms with Gasteiger partial charge in [0.1, 0.15) is 6.04 Å². The number of aryl methyl sites for hydroxylation is 1. The molecular weight excluding hydrogens is 302 g/mol. The van der Waals surface area contributed by atoms with Gasteiger partial charge in [-0.1, -0.05) is 12.5 Å². The van der Waals surface area contributed by atoms with Gasteiger partial charge in [-0.3, -0.25) is 9.69 Å². The van der Waals surface area contributed by atoms with Crippen molar-refractivity contribution in [3.63, 3.8) is 0 Å². The number of aliphatic carboxylic acids is 1. The highest BCUT2D eigenvalue weighted by molar-refractivity contribution is 7.11. The molecule has 2 atom stereocenters. The summed E-state index contributed by atoms with van der Waals surface area (Å²) in [5.74, 6) is -0.689. The average Bonchev–Trinajstić information content (AvgIpc) is 3.13. The van der Waals surface area contributed by atoms with Gasteiger partial charge in [0, 0.05) is 9.75 Å². The molecule has 0 spiro atoms. The van der Waals surface area contributed by atoms with Crippen LogP contribution in [0.2, 0.25) is 0 Å². The van der Waals surface area contributed by atoms with Gasteiger partial charge in [0.05, 0.1) is 6.04 Å². The van der Waals surface area contributed by atoms with Crippen LogP contribution in [-0.2, 0) is 4.79 Å².